The van der Waals surface area contributed by atoms with E-state index >= 15 is 0 Å². The van der Waals surface area contributed by atoms with Crippen molar-refractivity contribution in [3.05, 3.63) is 47.3 Å². The number of hydrogen-bond donors (Lipinski definition) is 0. The molecule has 2 saturated heterocycles. The van der Waals surface area contributed by atoms with Crippen LogP contribution < -0.4 is 0 Å². The van der Waals surface area contributed by atoms with Crippen molar-refractivity contribution in [2.24, 2.45) is 5.92 Å². The van der Waals surface area contributed by atoms with Crippen LogP contribution in [0, 0.1) is 19.8 Å². The van der Waals surface area contributed by atoms with Gasteiger partial charge in [0.25, 0.3) is 5.91 Å². The third-order valence-corrected chi connectivity index (χ3v) is 5.38. The van der Waals surface area contributed by atoms with E-state index in [0.717, 1.165) is 48.9 Å². The fourth-order valence-corrected chi connectivity index (χ4v) is 4.06. The smallest absolute Gasteiger partial charge is 0.253 e. The first-order valence-corrected chi connectivity index (χ1v) is 9.22. The minimum Gasteiger partial charge on any atom is -0.379 e. The first kappa shape index (κ1) is 17.2. The third-order valence-electron chi connectivity index (χ3n) is 5.38. The predicted molar refractivity (Wildman–Crippen MR) is 99.7 cm³/mol. The maximum Gasteiger partial charge on any atom is 0.253 e. The number of carbonyl (C=O) groups excluding carboxylic acids is 1. The van der Waals surface area contributed by atoms with Gasteiger partial charge in [0, 0.05) is 36.8 Å². The Kier molecular flexibility index (Phi) is 4.54. The molecule has 2 aliphatic rings. The topological polar surface area (TPSA) is 50.6 Å². The Labute approximate surface area is 154 Å². The number of aryl methyl sites for hydroxylation is 2. The Hall–Kier alpha value is -2.18. The van der Waals surface area contributed by atoms with Gasteiger partial charge in [-0.3, -0.25) is 9.69 Å². The summed E-state index contributed by atoms with van der Waals surface area (Å²) in [4.78, 5) is 17.5. The van der Waals surface area contributed by atoms with Crippen molar-refractivity contribution in [1.29, 1.82) is 0 Å². The van der Waals surface area contributed by atoms with E-state index in [0.29, 0.717) is 12.5 Å². The first-order chi connectivity index (χ1) is 12.5. The first-order valence-electron chi connectivity index (χ1n) is 9.22. The van der Waals surface area contributed by atoms with Crippen LogP contribution in [0.1, 0.15) is 21.7 Å². The van der Waals surface area contributed by atoms with E-state index < -0.39 is 0 Å². The van der Waals surface area contributed by atoms with Crippen molar-refractivity contribution in [3.63, 3.8) is 0 Å². The van der Waals surface area contributed by atoms with Crippen LogP contribution in [0.4, 0.5) is 0 Å². The van der Waals surface area contributed by atoms with Gasteiger partial charge in [0.05, 0.1) is 30.6 Å². The molecule has 6 heteroatoms. The SMILES string of the molecule is Cc1cc(C)n(-c2cccc(C(=O)N3C[C@@H]4COC[C@H](C3)N(C)C4)c2)n1. The number of likely N-dealkylation sites (N-methyl/N-ethyl adjacent to an activating group) is 1. The van der Waals surface area contributed by atoms with Gasteiger partial charge >= 0.3 is 0 Å². The van der Waals surface area contributed by atoms with Crippen LogP contribution in [-0.4, -0.2) is 71.4 Å². The highest BCUT2D eigenvalue weighted by atomic mass is 16.5. The van der Waals surface area contributed by atoms with Crippen LogP contribution in [0.15, 0.2) is 30.3 Å². The summed E-state index contributed by atoms with van der Waals surface area (Å²) in [5.74, 6) is 0.469. The van der Waals surface area contributed by atoms with Gasteiger partial charge in [-0.15, -0.1) is 0 Å². The van der Waals surface area contributed by atoms with Crippen LogP contribution >= 0.6 is 0 Å². The molecule has 2 bridgehead atoms. The maximum absolute atomic E-state index is 13.2. The fraction of sp³-hybridized carbons (Fsp3) is 0.500. The van der Waals surface area contributed by atoms with Crippen molar-refractivity contribution in [2.45, 2.75) is 19.9 Å². The Bertz CT molecular complexity index is 816. The molecular formula is C20H26N4O2. The monoisotopic (exact) mass is 354 g/mol. The van der Waals surface area contributed by atoms with Gasteiger partial charge in [0.15, 0.2) is 0 Å². The molecule has 0 spiro atoms. The molecule has 2 aliphatic heterocycles. The maximum atomic E-state index is 13.2. The number of fused-ring (bicyclic) bond motifs is 3. The second kappa shape index (κ2) is 6.85. The van der Waals surface area contributed by atoms with Crippen molar-refractivity contribution in [2.75, 3.05) is 39.9 Å². The lowest BCUT2D eigenvalue weighted by Gasteiger charge is -2.30. The molecule has 2 fully saturated rings. The Balaban J connectivity index is 1.60. The lowest BCUT2D eigenvalue weighted by atomic mass is 10.1. The van der Waals surface area contributed by atoms with E-state index in [1.807, 2.05) is 53.8 Å². The van der Waals surface area contributed by atoms with Crippen molar-refractivity contribution in [3.8, 4) is 5.69 Å². The number of ether oxygens (including phenoxy) is 1. The molecule has 0 saturated carbocycles. The summed E-state index contributed by atoms with van der Waals surface area (Å²) < 4.78 is 7.66. The molecule has 0 aliphatic carbocycles. The normalized spacial score (nSPS) is 23.7. The van der Waals surface area contributed by atoms with Gasteiger partial charge in [-0.1, -0.05) is 6.07 Å². The van der Waals surface area contributed by atoms with Gasteiger partial charge < -0.3 is 9.64 Å². The van der Waals surface area contributed by atoms with Crippen LogP contribution in [0.2, 0.25) is 0 Å². The largest absolute Gasteiger partial charge is 0.379 e. The van der Waals surface area contributed by atoms with Crippen LogP contribution in [0.5, 0.6) is 0 Å². The minimum atomic E-state index is 0.0978. The molecule has 1 aromatic heterocycles. The number of amides is 1. The van der Waals surface area contributed by atoms with E-state index in [9.17, 15) is 4.79 Å². The summed E-state index contributed by atoms with van der Waals surface area (Å²) >= 11 is 0. The minimum absolute atomic E-state index is 0.0978. The Morgan fingerprint density at radius 2 is 2.00 bits per heavy atom. The van der Waals surface area contributed by atoms with E-state index in [4.69, 9.17) is 4.74 Å². The highest BCUT2D eigenvalue weighted by molar-refractivity contribution is 5.94. The quantitative estimate of drug-likeness (QED) is 0.826. The molecule has 26 heavy (non-hydrogen) atoms. The summed E-state index contributed by atoms with van der Waals surface area (Å²) in [6.07, 6.45) is 0. The van der Waals surface area contributed by atoms with E-state index in [-0.39, 0.29) is 11.9 Å². The second-order valence-corrected chi connectivity index (χ2v) is 7.60. The number of nitrogens with zero attached hydrogens (tertiary/aromatic N) is 4. The molecule has 4 rings (SSSR count). The average Bonchev–Trinajstić information content (AvgIpc) is 2.75. The van der Waals surface area contributed by atoms with Crippen LogP contribution in [-0.2, 0) is 4.74 Å². The van der Waals surface area contributed by atoms with Gasteiger partial charge in [-0.25, -0.2) is 4.68 Å². The molecule has 0 radical (unpaired) electrons. The molecule has 0 N–H and O–H groups in total. The van der Waals surface area contributed by atoms with Gasteiger partial charge in [-0.2, -0.15) is 5.10 Å². The van der Waals surface area contributed by atoms with Crippen LogP contribution in [0.25, 0.3) is 5.69 Å². The summed E-state index contributed by atoms with van der Waals surface area (Å²) in [5, 5.41) is 4.53. The lowest BCUT2D eigenvalue weighted by molar-refractivity contribution is 0.0433. The molecule has 2 atom stereocenters. The molecule has 2 aromatic rings. The number of aromatic nitrogens is 2. The van der Waals surface area contributed by atoms with Crippen molar-refractivity contribution in [1.82, 2.24) is 19.6 Å². The summed E-state index contributed by atoms with van der Waals surface area (Å²) in [6, 6.07) is 10.1. The molecule has 3 heterocycles. The fourth-order valence-electron chi connectivity index (χ4n) is 4.06. The van der Waals surface area contributed by atoms with E-state index in [2.05, 4.69) is 17.0 Å². The van der Waals surface area contributed by atoms with E-state index in [1.54, 1.807) is 0 Å². The summed E-state index contributed by atoms with van der Waals surface area (Å²) in [7, 11) is 2.13. The standard InChI is InChI=1S/C20H26N4O2/c1-14-7-15(2)24(21-14)18-6-4-5-17(8-18)20(25)23-10-16-9-22(3)19(11-23)13-26-12-16/h4-8,16,19H,9-13H2,1-3H3/t16-,19+/m1/s1. The van der Waals surface area contributed by atoms with Gasteiger partial charge in [-0.05, 0) is 45.2 Å². The molecular weight excluding hydrogens is 328 g/mol. The summed E-state index contributed by atoms with van der Waals surface area (Å²) in [6.45, 7) is 7.90. The zero-order valence-corrected chi connectivity index (χ0v) is 15.7. The Morgan fingerprint density at radius 3 is 2.77 bits per heavy atom. The van der Waals surface area contributed by atoms with Crippen molar-refractivity contribution < 1.29 is 9.53 Å². The molecule has 1 aromatic carbocycles. The van der Waals surface area contributed by atoms with Crippen molar-refractivity contribution >= 4 is 5.91 Å². The highest BCUT2D eigenvalue weighted by Crippen LogP contribution is 2.21. The molecule has 138 valence electrons. The number of carbonyl (C=O) groups is 1. The van der Waals surface area contributed by atoms with E-state index in [1.165, 1.54) is 0 Å². The molecule has 1 amide bonds. The number of benzene rings is 1. The van der Waals surface area contributed by atoms with Gasteiger partial charge in [0.2, 0.25) is 0 Å². The average molecular weight is 354 g/mol. The predicted octanol–water partition coefficient (Wildman–Crippen LogP) is 1.89. The third kappa shape index (κ3) is 3.27. The molecule has 6 nitrogen and oxygen atoms in total. The highest BCUT2D eigenvalue weighted by Gasteiger charge is 2.33. The lowest BCUT2D eigenvalue weighted by Crippen LogP contribution is -2.44. The van der Waals surface area contributed by atoms with Crippen LogP contribution in [0.3, 0.4) is 0 Å². The number of hydrogen-bond acceptors (Lipinski definition) is 4. The molecule has 0 unspecified atom stereocenters. The zero-order chi connectivity index (χ0) is 18.3. The number of rotatable bonds is 2. The summed E-state index contributed by atoms with van der Waals surface area (Å²) in [5.41, 5.74) is 3.69. The Morgan fingerprint density at radius 1 is 1.15 bits per heavy atom. The van der Waals surface area contributed by atoms with Gasteiger partial charge in [0.1, 0.15) is 0 Å². The second-order valence-electron chi connectivity index (χ2n) is 7.60. The zero-order valence-electron chi connectivity index (χ0n) is 15.7.